The van der Waals surface area contributed by atoms with E-state index < -0.39 is 0 Å². The van der Waals surface area contributed by atoms with Crippen LogP contribution in [0.5, 0.6) is 0 Å². The maximum Gasteiger partial charge on any atom is 0.261 e. The average molecular weight is 379 g/mol. The summed E-state index contributed by atoms with van der Waals surface area (Å²) in [7, 11) is 0. The normalized spacial score (nSPS) is 12.9. The number of nitrogens with one attached hydrogen (secondary N) is 2. The van der Waals surface area contributed by atoms with E-state index in [1.807, 2.05) is 24.3 Å². The summed E-state index contributed by atoms with van der Waals surface area (Å²) in [4.78, 5) is 39.2. The monoisotopic (exact) mass is 379 g/mol. The molecule has 4 rings (SSSR count). The minimum absolute atomic E-state index is 0.0479. The summed E-state index contributed by atoms with van der Waals surface area (Å²) in [6.45, 7) is 0.422. The van der Waals surface area contributed by atoms with Gasteiger partial charge in [-0.3, -0.25) is 14.5 Å². The van der Waals surface area contributed by atoms with Crippen LogP contribution in [-0.2, 0) is 11.2 Å². The molecule has 0 atom stereocenters. The maximum atomic E-state index is 13.1. The number of nitrogens with zero attached hydrogens (tertiary/aromatic N) is 3. The van der Waals surface area contributed by atoms with E-state index in [1.54, 1.807) is 30.9 Å². The summed E-state index contributed by atoms with van der Waals surface area (Å²) in [5.41, 5.74) is 2.17. The summed E-state index contributed by atoms with van der Waals surface area (Å²) in [5.74, 6) is -0.436. The van der Waals surface area contributed by atoms with Gasteiger partial charge >= 0.3 is 0 Å². The lowest BCUT2D eigenvalue weighted by Crippen LogP contribution is -2.41. The van der Waals surface area contributed by atoms with Gasteiger partial charge in [-0.1, -0.05) is 23.9 Å². The molecule has 0 saturated carbocycles. The van der Waals surface area contributed by atoms with Gasteiger partial charge < -0.3 is 10.3 Å². The quantitative estimate of drug-likeness (QED) is 0.710. The van der Waals surface area contributed by atoms with Gasteiger partial charge in [-0.25, -0.2) is 9.97 Å². The zero-order valence-corrected chi connectivity index (χ0v) is 15.2. The lowest BCUT2D eigenvalue weighted by atomic mass is 10.2. The van der Waals surface area contributed by atoms with Crippen molar-refractivity contribution in [2.45, 2.75) is 16.3 Å². The second-order valence-corrected chi connectivity index (χ2v) is 7.02. The van der Waals surface area contributed by atoms with Gasteiger partial charge in [0.2, 0.25) is 5.91 Å². The predicted molar refractivity (Wildman–Crippen MR) is 102 cm³/mol. The number of aromatic nitrogens is 3. The topological polar surface area (TPSA) is 91.0 Å². The molecule has 2 N–H and O–H groups in total. The number of H-pyrrole nitrogens is 1. The smallest absolute Gasteiger partial charge is 0.261 e. The Morgan fingerprint density at radius 3 is 2.96 bits per heavy atom. The molecule has 8 heteroatoms. The van der Waals surface area contributed by atoms with Gasteiger partial charge in [0, 0.05) is 35.9 Å². The second kappa shape index (κ2) is 7.63. The van der Waals surface area contributed by atoms with Crippen LogP contribution in [0, 0.1) is 0 Å². The number of carbonyl (C=O) groups excluding carboxylic acids is 2. The van der Waals surface area contributed by atoms with Crippen molar-refractivity contribution in [3.8, 4) is 0 Å². The van der Waals surface area contributed by atoms with Gasteiger partial charge in [-0.2, -0.15) is 0 Å². The largest absolute Gasteiger partial charge is 0.354 e. The Kier molecular flexibility index (Phi) is 4.88. The third kappa shape index (κ3) is 3.70. The van der Waals surface area contributed by atoms with E-state index >= 15 is 0 Å². The number of benzene rings is 1. The van der Waals surface area contributed by atoms with Crippen LogP contribution in [0.15, 0.2) is 65.0 Å². The van der Waals surface area contributed by atoms with E-state index in [1.165, 1.54) is 16.7 Å². The molecule has 136 valence electrons. The van der Waals surface area contributed by atoms with Gasteiger partial charge in [-0.05, 0) is 24.3 Å². The van der Waals surface area contributed by atoms with Crippen molar-refractivity contribution in [1.29, 1.82) is 0 Å². The van der Waals surface area contributed by atoms with Crippen LogP contribution < -0.4 is 10.2 Å². The molecule has 7 nitrogen and oxygen atoms in total. The van der Waals surface area contributed by atoms with E-state index in [4.69, 9.17) is 0 Å². The summed E-state index contributed by atoms with van der Waals surface area (Å²) < 4.78 is 0. The Labute approximate surface area is 160 Å². The standard InChI is InChI=1S/C19H17N5O2S/c25-17(21-9-7-13-10-20-12-23-13)11-24-15-5-1-2-6-16(15)27-18-14(19(24)26)4-3-8-22-18/h1-6,8,10,12H,7,9,11H2,(H,20,23)(H,21,25). The molecule has 27 heavy (non-hydrogen) atoms. The number of hydrogen-bond donors (Lipinski definition) is 2. The van der Waals surface area contributed by atoms with Crippen molar-refractivity contribution in [1.82, 2.24) is 20.3 Å². The number of imidazole rings is 1. The SMILES string of the molecule is O=C(CN1C(=O)c2cccnc2Sc2ccccc21)NCCc1cnc[nH]1. The molecular weight excluding hydrogens is 362 g/mol. The summed E-state index contributed by atoms with van der Waals surface area (Å²) in [6, 6.07) is 11.0. The molecule has 0 unspecified atom stereocenters. The summed E-state index contributed by atoms with van der Waals surface area (Å²) >= 11 is 1.44. The van der Waals surface area contributed by atoms with Crippen molar-refractivity contribution >= 4 is 29.3 Å². The maximum absolute atomic E-state index is 13.1. The molecule has 3 heterocycles. The molecule has 1 aliphatic heterocycles. The zero-order valence-electron chi connectivity index (χ0n) is 14.4. The molecule has 2 amide bonds. The third-order valence-electron chi connectivity index (χ3n) is 4.18. The van der Waals surface area contributed by atoms with E-state index in [-0.39, 0.29) is 18.4 Å². The van der Waals surface area contributed by atoms with Crippen molar-refractivity contribution in [3.05, 3.63) is 66.4 Å². The number of hydrogen-bond acceptors (Lipinski definition) is 5. The molecule has 0 fully saturated rings. The lowest BCUT2D eigenvalue weighted by Gasteiger charge is -2.22. The van der Waals surface area contributed by atoms with Gasteiger partial charge in [0.25, 0.3) is 5.91 Å². The van der Waals surface area contributed by atoms with Crippen LogP contribution in [0.1, 0.15) is 16.1 Å². The number of fused-ring (bicyclic) bond motifs is 2. The van der Waals surface area contributed by atoms with Crippen LogP contribution in [-0.4, -0.2) is 39.9 Å². The van der Waals surface area contributed by atoms with Gasteiger partial charge in [0.1, 0.15) is 11.6 Å². The van der Waals surface area contributed by atoms with E-state index in [0.29, 0.717) is 29.2 Å². The first-order valence-electron chi connectivity index (χ1n) is 8.50. The molecule has 1 aliphatic rings. The van der Waals surface area contributed by atoms with Crippen LogP contribution in [0.25, 0.3) is 0 Å². The fraction of sp³-hybridized carbons (Fsp3) is 0.158. The number of anilines is 1. The second-order valence-electron chi connectivity index (χ2n) is 5.99. The molecule has 0 radical (unpaired) electrons. The zero-order chi connectivity index (χ0) is 18.6. The van der Waals surface area contributed by atoms with Crippen molar-refractivity contribution < 1.29 is 9.59 Å². The Morgan fingerprint density at radius 1 is 1.22 bits per heavy atom. The van der Waals surface area contributed by atoms with E-state index in [0.717, 1.165) is 10.6 Å². The highest BCUT2D eigenvalue weighted by atomic mass is 32.2. The molecular formula is C19H17N5O2S. The Bertz CT molecular complexity index is 974. The van der Waals surface area contributed by atoms with Crippen molar-refractivity contribution in [2.24, 2.45) is 0 Å². The number of pyridine rings is 1. The van der Waals surface area contributed by atoms with Crippen LogP contribution >= 0.6 is 11.8 Å². The average Bonchev–Trinajstić information content (AvgIpc) is 3.16. The summed E-state index contributed by atoms with van der Waals surface area (Å²) in [5, 5.41) is 3.51. The van der Waals surface area contributed by atoms with Gasteiger partial charge in [0.05, 0.1) is 17.6 Å². The van der Waals surface area contributed by atoms with E-state index in [2.05, 4.69) is 20.3 Å². The Morgan fingerprint density at radius 2 is 2.11 bits per heavy atom. The Balaban J connectivity index is 1.53. The highest BCUT2D eigenvalue weighted by Gasteiger charge is 2.29. The predicted octanol–water partition coefficient (Wildman–Crippen LogP) is 2.27. The highest BCUT2D eigenvalue weighted by molar-refractivity contribution is 7.99. The van der Waals surface area contributed by atoms with Crippen molar-refractivity contribution in [3.63, 3.8) is 0 Å². The first kappa shape index (κ1) is 17.3. The molecule has 2 aromatic heterocycles. The molecule has 1 aromatic carbocycles. The molecule has 3 aromatic rings. The molecule has 0 spiro atoms. The summed E-state index contributed by atoms with van der Waals surface area (Å²) in [6.07, 6.45) is 5.65. The first-order chi connectivity index (χ1) is 13.2. The van der Waals surface area contributed by atoms with Crippen LogP contribution in [0.3, 0.4) is 0 Å². The van der Waals surface area contributed by atoms with Gasteiger partial charge in [0.15, 0.2) is 0 Å². The minimum atomic E-state index is -0.223. The minimum Gasteiger partial charge on any atom is -0.354 e. The van der Waals surface area contributed by atoms with Gasteiger partial charge in [-0.15, -0.1) is 0 Å². The number of carbonyl (C=O) groups is 2. The number of para-hydroxylation sites is 1. The number of amides is 2. The number of rotatable bonds is 5. The number of aromatic amines is 1. The lowest BCUT2D eigenvalue weighted by molar-refractivity contribution is -0.119. The molecule has 0 bridgehead atoms. The van der Waals surface area contributed by atoms with Crippen LogP contribution in [0.2, 0.25) is 0 Å². The van der Waals surface area contributed by atoms with Crippen molar-refractivity contribution in [2.75, 3.05) is 18.0 Å². The molecule has 0 saturated heterocycles. The third-order valence-corrected chi connectivity index (χ3v) is 5.27. The van der Waals surface area contributed by atoms with E-state index in [9.17, 15) is 9.59 Å². The first-order valence-corrected chi connectivity index (χ1v) is 9.32. The Hall–Kier alpha value is -3.13. The van der Waals surface area contributed by atoms with Crippen LogP contribution in [0.4, 0.5) is 5.69 Å². The fourth-order valence-electron chi connectivity index (χ4n) is 2.87. The fourth-order valence-corrected chi connectivity index (χ4v) is 3.89. The highest BCUT2D eigenvalue weighted by Crippen LogP contribution is 2.39. The molecule has 0 aliphatic carbocycles.